The highest BCUT2D eigenvalue weighted by atomic mass is 19.3. The van der Waals surface area contributed by atoms with Crippen LogP contribution in [-0.2, 0) is 12.0 Å². The predicted octanol–water partition coefficient (Wildman–Crippen LogP) is 7.75. The number of rotatable bonds is 6. The molecule has 2 N–H and O–H groups in total. The minimum atomic E-state index is -3.43. The third kappa shape index (κ3) is 7.43. The molecule has 0 aliphatic carbocycles. The zero-order chi connectivity index (χ0) is 26.3. The van der Waals surface area contributed by atoms with Gasteiger partial charge in [-0.15, -0.1) is 0 Å². The van der Waals surface area contributed by atoms with E-state index >= 15 is 0 Å². The molecule has 0 bridgehead atoms. The van der Waals surface area contributed by atoms with E-state index in [4.69, 9.17) is 9.84 Å². The van der Waals surface area contributed by atoms with Gasteiger partial charge in [0.1, 0.15) is 23.0 Å². The van der Waals surface area contributed by atoms with Gasteiger partial charge in [0.25, 0.3) is 5.85 Å². The van der Waals surface area contributed by atoms with Gasteiger partial charge < -0.3 is 19.7 Å². The topological polar surface area (TPSA) is 58.9 Å². The van der Waals surface area contributed by atoms with Gasteiger partial charge in [-0.1, -0.05) is 35.4 Å². The molecule has 4 nitrogen and oxygen atoms in total. The fourth-order valence-corrected chi connectivity index (χ4v) is 3.11. The summed E-state index contributed by atoms with van der Waals surface area (Å²) < 4.78 is 52.0. The molecule has 0 spiro atoms. The number of hydrogen-bond donors (Lipinski definition) is 2. The van der Waals surface area contributed by atoms with Crippen molar-refractivity contribution in [2.75, 3.05) is 0 Å². The van der Waals surface area contributed by atoms with Crippen LogP contribution in [0.3, 0.4) is 0 Å². The molecule has 0 aromatic heterocycles. The molecule has 1 unspecified atom stereocenters. The molecule has 4 aromatic carbocycles. The van der Waals surface area contributed by atoms with Gasteiger partial charge in [0.05, 0.1) is 5.56 Å². The maximum absolute atomic E-state index is 14.4. The molecule has 0 heterocycles. The quantitative estimate of drug-likeness (QED) is 0.287. The van der Waals surface area contributed by atoms with E-state index in [0.717, 1.165) is 23.3 Å². The lowest BCUT2D eigenvalue weighted by atomic mass is 10.1. The van der Waals surface area contributed by atoms with Gasteiger partial charge in [0.2, 0.25) is 0 Å². The Labute approximate surface area is 208 Å². The van der Waals surface area contributed by atoms with Crippen molar-refractivity contribution in [1.82, 2.24) is 0 Å². The van der Waals surface area contributed by atoms with Crippen LogP contribution in [0, 0.1) is 13.8 Å². The molecule has 0 amide bonds. The highest BCUT2D eigenvalue weighted by molar-refractivity contribution is 5.32. The predicted molar refractivity (Wildman–Crippen MR) is 132 cm³/mol. The summed E-state index contributed by atoms with van der Waals surface area (Å²) in [6, 6.07) is 24.1. The molecule has 0 aliphatic heterocycles. The van der Waals surface area contributed by atoms with Gasteiger partial charge in [-0.25, -0.2) is 0 Å². The Bertz CT molecular complexity index is 1130. The van der Waals surface area contributed by atoms with Crippen molar-refractivity contribution in [2.45, 2.75) is 32.7 Å². The van der Waals surface area contributed by atoms with Crippen LogP contribution < -0.4 is 9.47 Å². The lowest BCUT2D eigenvalue weighted by Crippen LogP contribution is -2.23. The number of hydrogen-bond acceptors (Lipinski definition) is 4. The van der Waals surface area contributed by atoms with E-state index in [1.165, 1.54) is 55.5 Å². The molecule has 4 rings (SSSR count). The minimum Gasteiger partial charge on any atom is -0.508 e. The summed E-state index contributed by atoms with van der Waals surface area (Å²) in [5, 5.41) is 18.2. The third-order valence-corrected chi connectivity index (χ3v) is 5.18. The first-order valence-corrected chi connectivity index (χ1v) is 11.1. The number of benzene rings is 4. The Morgan fingerprint density at radius 3 is 1.31 bits per heavy atom. The van der Waals surface area contributed by atoms with E-state index in [-0.39, 0.29) is 22.8 Å². The van der Waals surface area contributed by atoms with E-state index < -0.39 is 12.0 Å². The van der Waals surface area contributed by atoms with E-state index in [0.29, 0.717) is 11.3 Å². The summed E-state index contributed by atoms with van der Waals surface area (Å²) >= 11 is 0. The lowest BCUT2D eigenvalue weighted by molar-refractivity contribution is -0.185. The molecule has 0 aliphatic rings. The third-order valence-electron chi connectivity index (χ3n) is 5.18. The van der Waals surface area contributed by atoms with Gasteiger partial charge in [-0.3, -0.25) is 0 Å². The van der Waals surface area contributed by atoms with E-state index in [9.17, 15) is 18.3 Å². The second-order valence-corrected chi connectivity index (χ2v) is 8.36. The first kappa shape index (κ1) is 26.5. The maximum Gasteiger partial charge on any atom is 0.426 e. The average Bonchev–Trinajstić information content (AvgIpc) is 2.83. The Morgan fingerprint density at radius 2 is 0.889 bits per heavy atom. The van der Waals surface area contributed by atoms with Crippen molar-refractivity contribution in [3.63, 3.8) is 0 Å². The van der Waals surface area contributed by atoms with Crippen molar-refractivity contribution in [3.05, 3.63) is 119 Å². The SMILES string of the molecule is Cc1ccc(OC(C)(F)c2ccc(O)cc2)cc1.Cc1ccc(OC(F)(F)c2ccc(O)cc2)cc1. The largest absolute Gasteiger partial charge is 0.508 e. The summed E-state index contributed by atoms with van der Waals surface area (Å²) in [6.45, 7) is 5.17. The van der Waals surface area contributed by atoms with Crippen molar-refractivity contribution in [1.29, 1.82) is 0 Å². The summed E-state index contributed by atoms with van der Waals surface area (Å²) in [4.78, 5) is 0. The minimum absolute atomic E-state index is 0.0649. The van der Waals surface area contributed by atoms with Crippen LogP contribution in [-0.4, -0.2) is 10.2 Å². The van der Waals surface area contributed by atoms with Crippen molar-refractivity contribution in [3.8, 4) is 23.0 Å². The first-order chi connectivity index (χ1) is 16.9. The summed E-state index contributed by atoms with van der Waals surface area (Å²) in [6.07, 6.45) is -3.43. The van der Waals surface area contributed by atoms with E-state index in [1.807, 2.05) is 26.0 Å². The number of aryl methyl sites for hydroxylation is 2. The fraction of sp³-hybridized carbons (Fsp3) is 0.172. The summed E-state index contributed by atoms with van der Waals surface area (Å²) in [7, 11) is 0. The van der Waals surface area contributed by atoms with Gasteiger partial charge in [0.15, 0.2) is 0 Å². The number of phenolic OH excluding ortho intramolecular Hbond substituents is 2. The normalized spacial score (nSPS) is 12.6. The Kier molecular flexibility index (Phi) is 8.14. The maximum atomic E-state index is 14.4. The molecule has 188 valence electrons. The molecule has 7 heteroatoms. The number of ether oxygens (including phenoxy) is 2. The lowest BCUT2D eigenvalue weighted by Gasteiger charge is -2.22. The molecular weight excluding hydrogens is 469 g/mol. The zero-order valence-corrected chi connectivity index (χ0v) is 20.1. The second kappa shape index (κ2) is 11.1. The number of alkyl halides is 3. The number of halogens is 3. The van der Waals surface area contributed by atoms with Crippen LogP contribution in [0.25, 0.3) is 0 Å². The molecule has 0 radical (unpaired) electrons. The fourth-order valence-electron chi connectivity index (χ4n) is 3.11. The molecule has 0 saturated carbocycles. The first-order valence-electron chi connectivity index (χ1n) is 11.1. The smallest absolute Gasteiger partial charge is 0.426 e. The highest BCUT2D eigenvalue weighted by Gasteiger charge is 2.34. The van der Waals surface area contributed by atoms with Crippen LogP contribution in [0.5, 0.6) is 23.0 Å². The van der Waals surface area contributed by atoms with Crippen LogP contribution in [0.15, 0.2) is 97.1 Å². The standard InChI is InChI=1S/C15H15FO2.C14H12F2O2/c1-11-3-9-14(10-4-11)18-15(2,16)12-5-7-13(17)8-6-12;1-10-2-8-13(9-3-10)18-14(15,16)11-4-6-12(17)7-5-11/h3-10,17H,1-2H3;2-9,17H,1H3. The average molecular weight is 497 g/mol. The van der Waals surface area contributed by atoms with Crippen LogP contribution in [0.4, 0.5) is 13.2 Å². The molecule has 1 atom stereocenters. The van der Waals surface area contributed by atoms with Crippen LogP contribution >= 0.6 is 0 Å². The number of aromatic hydroxyl groups is 2. The van der Waals surface area contributed by atoms with Gasteiger partial charge in [-0.05, 0) is 86.6 Å². The van der Waals surface area contributed by atoms with Gasteiger partial charge >= 0.3 is 6.11 Å². The van der Waals surface area contributed by atoms with Crippen molar-refractivity contribution >= 4 is 0 Å². The van der Waals surface area contributed by atoms with Crippen molar-refractivity contribution in [2.24, 2.45) is 0 Å². The van der Waals surface area contributed by atoms with Crippen molar-refractivity contribution < 1.29 is 32.9 Å². The number of phenols is 2. The molecule has 4 aromatic rings. The zero-order valence-electron chi connectivity index (χ0n) is 20.1. The molecule has 0 saturated heterocycles. The Balaban J connectivity index is 0.000000201. The monoisotopic (exact) mass is 496 g/mol. The van der Waals surface area contributed by atoms with Gasteiger partial charge in [0, 0.05) is 12.5 Å². The van der Waals surface area contributed by atoms with Crippen LogP contribution in [0.1, 0.15) is 29.2 Å². The van der Waals surface area contributed by atoms with Gasteiger partial charge in [-0.2, -0.15) is 13.2 Å². The second-order valence-electron chi connectivity index (χ2n) is 8.36. The highest BCUT2D eigenvalue weighted by Crippen LogP contribution is 2.32. The van der Waals surface area contributed by atoms with E-state index in [2.05, 4.69) is 4.74 Å². The Hall–Kier alpha value is -4.13. The van der Waals surface area contributed by atoms with E-state index in [1.54, 1.807) is 24.3 Å². The summed E-state index contributed by atoms with van der Waals surface area (Å²) in [5.41, 5.74) is 2.12. The summed E-state index contributed by atoms with van der Waals surface area (Å²) in [5.74, 6) is -1.32. The Morgan fingerprint density at radius 1 is 0.528 bits per heavy atom. The molecule has 36 heavy (non-hydrogen) atoms. The molecular formula is C29H27F3O4. The van der Waals surface area contributed by atoms with Crippen LogP contribution in [0.2, 0.25) is 0 Å². The molecule has 0 fully saturated rings.